The average molecular weight is 103 g/mol. The van der Waals surface area contributed by atoms with Crippen LogP contribution in [0.3, 0.4) is 0 Å². The maximum absolute atomic E-state index is 4.75. The van der Waals surface area contributed by atoms with Crippen LogP contribution in [-0.2, 0) is 4.74 Å². The van der Waals surface area contributed by atoms with E-state index in [4.69, 9.17) is 4.74 Å². The third-order valence-corrected chi connectivity index (χ3v) is 0.440. The third-order valence-electron chi connectivity index (χ3n) is 0.440. The van der Waals surface area contributed by atoms with E-state index in [9.17, 15) is 0 Å². The molecule has 0 unspecified atom stereocenters. The van der Waals surface area contributed by atoms with Crippen LogP contribution in [0, 0.1) is 0 Å². The summed E-state index contributed by atoms with van der Waals surface area (Å²) >= 11 is 0. The van der Waals surface area contributed by atoms with Crippen molar-refractivity contribution in [2.75, 3.05) is 6.61 Å². The van der Waals surface area contributed by atoms with Crippen molar-refractivity contribution in [3.63, 3.8) is 0 Å². The molecule has 7 heavy (non-hydrogen) atoms. The minimum atomic E-state index is 0. The lowest BCUT2D eigenvalue weighted by molar-refractivity contribution is 0.251. The molecule has 0 bridgehead atoms. The van der Waals surface area contributed by atoms with E-state index in [-0.39, 0.29) is 6.15 Å². The highest BCUT2D eigenvalue weighted by Gasteiger charge is 1.68. The van der Waals surface area contributed by atoms with Crippen molar-refractivity contribution in [2.45, 2.75) is 13.3 Å². The second-order valence-electron chi connectivity index (χ2n) is 1.04. The summed E-state index contributed by atoms with van der Waals surface area (Å²) in [5.74, 6) is 0. The van der Waals surface area contributed by atoms with E-state index in [1.807, 2.05) is 0 Å². The molecule has 0 saturated heterocycles. The fraction of sp³-hybridized carbons (Fsp3) is 0.600. The molecule has 0 radical (unpaired) electrons. The fourth-order valence-corrected chi connectivity index (χ4v) is 0.201. The van der Waals surface area contributed by atoms with Crippen LogP contribution in [-0.4, -0.2) is 6.61 Å². The molecule has 0 fully saturated rings. The van der Waals surface area contributed by atoms with Gasteiger partial charge < -0.3 is 10.9 Å². The molecule has 0 spiro atoms. The van der Waals surface area contributed by atoms with Gasteiger partial charge in [0.15, 0.2) is 0 Å². The van der Waals surface area contributed by atoms with Gasteiger partial charge in [-0.2, -0.15) is 0 Å². The van der Waals surface area contributed by atoms with Gasteiger partial charge in [-0.25, -0.2) is 0 Å². The van der Waals surface area contributed by atoms with Gasteiger partial charge in [-0.1, -0.05) is 13.5 Å². The van der Waals surface area contributed by atoms with E-state index in [1.54, 1.807) is 0 Å². The number of hydrogen-bond donors (Lipinski definition) is 1. The summed E-state index contributed by atoms with van der Waals surface area (Å²) in [6, 6.07) is 0. The SMILES string of the molecule is C=COCCC.N. The quantitative estimate of drug-likeness (QED) is 0.436. The first-order chi connectivity index (χ1) is 2.91. The summed E-state index contributed by atoms with van der Waals surface area (Å²) in [6.45, 7) is 6.23. The molecular formula is C5H13NO. The van der Waals surface area contributed by atoms with Crippen molar-refractivity contribution >= 4 is 0 Å². The van der Waals surface area contributed by atoms with Gasteiger partial charge in [-0.15, -0.1) is 0 Å². The second-order valence-corrected chi connectivity index (χ2v) is 1.04. The number of hydrogen-bond acceptors (Lipinski definition) is 2. The largest absolute Gasteiger partial charge is 0.502 e. The molecule has 0 aromatic rings. The molecule has 0 aliphatic rings. The van der Waals surface area contributed by atoms with Crippen molar-refractivity contribution in [2.24, 2.45) is 0 Å². The van der Waals surface area contributed by atoms with Crippen molar-refractivity contribution < 1.29 is 4.74 Å². The first kappa shape index (κ1) is 9.71. The molecule has 3 N–H and O–H groups in total. The van der Waals surface area contributed by atoms with Crippen molar-refractivity contribution in [3.8, 4) is 0 Å². The van der Waals surface area contributed by atoms with Crippen molar-refractivity contribution in [1.82, 2.24) is 6.15 Å². The normalized spacial score (nSPS) is 6.43. The third kappa shape index (κ3) is 10.8. The minimum absolute atomic E-state index is 0. The summed E-state index contributed by atoms with van der Waals surface area (Å²) in [4.78, 5) is 0. The Balaban J connectivity index is 0. The van der Waals surface area contributed by atoms with Crippen LogP contribution >= 0.6 is 0 Å². The summed E-state index contributed by atoms with van der Waals surface area (Å²) in [5, 5.41) is 0. The molecule has 0 saturated carbocycles. The highest BCUT2D eigenvalue weighted by atomic mass is 16.5. The Morgan fingerprint density at radius 2 is 2.29 bits per heavy atom. The summed E-state index contributed by atoms with van der Waals surface area (Å²) in [7, 11) is 0. The first-order valence-electron chi connectivity index (χ1n) is 2.14. The van der Waals surface area contributed by atoms with Gasteiger partial charge in [0.2, 0.25) is 0 Å². The van der Waals surface area contributed by atoms with Gasteiger partial charge in [0.25, 0.3) is 0 Å². The molecule has 2 heteroatoms. The minimum Gasteiger partial charge on any atom is -0.502 e. The monoisotopic (exact) mass is 103 g/mol. The van der Waals surface area contributed by atoms with Crippen LogP contribution in [0.1, 0.15) is 13.3 Å². The lowest BCUT2D eigenvalue weighted by Crippen LogP contribution is -1.79. The molecule has 0 aliphatic carbocycles. The fourth-order valence-electron chi connectivity index (χ4n) is 0.201. The zero-order chi connectivity index (χ0) is 4.83. The second kappa shape index (κ2) is 9.09. The Kier molecular flexibility index (Phi) is 12.6. The van der Waals surface area contributed by atoms with Crippen molar-refractivity contribution in [1.29, 1.82) is 0 Å². The van der Waals surface area contributed by atoms with Crippen LogP contribution in [0.4, 0.5) is 0 Å². The van der Waals surface area contributed by atoms with E-state index in [0.29, 0.717) is 0 Å². The maximum atomic E-state index is 4.75. The van der Waals surface area contributed by atoms with E-state index >= 15 is 0 Å². The van der Waals surface area contributed by atoms with Gasteiger partial charge in [0.05, 0.1) is 12.9 Å². The molecule has 44 valence electrons. The maximum Gasteiger partial charge on any atom is 0.0870 e. The van der Waals surface area contributed by atoms with Crippen LogP contribution in [0.25, 0.3) is 0 Å². The summed E-state index contributed by atoms with van der Waals surface area (Å²) < 4.78 is 4.75. The highest BCUT2D eigenvalue weighted by molar-refractivity contribution is 4.46. The number of ether oxygens (including phenoxy) is 1. The van der Waals surface area contributed by atoms with E-state index in [2.05, 4.69) is 13.5 Å². The predicted octanol–water partition coefficient (Wildman–Crippen LogP) is 1.72. The molecule has 0 atom stereocenters. The zero-order valence-electron chi connectivity index (χ0n) is 4.81. The van der Waals surface area contributed by atoms with Gasteiger partial charge in [0.1, 0.15) is 0 Å². The number of rotatable bonds is 3. The molecule has 2 nitrogen and oxygen atoms in total. The van der Waals surface area contributed by atoms with Gasteiger partial charge in [0, 0.05) is 0 Å². The van der Waals surface area contributed by atoms with Crippen LogP contribution < -0.4 is 6.15 Å². The van der Waals surface area contributed by atoms with Crippen LogP contribution in [0.5, 0.6) is 0 Å². The lowest BCUT2D eigenvalue weighted by Gasteiger charge is -1.90. The standard InChI is InChI=1S/C5H10O.H3N/c1-3-5-6-4-2;/h4H,2-3,5H2,1H3;1H3. The van der Waals surface area contributed by atoms with Crippen LogP contribution in [0.15, 0.2) is 12.8 Å². The Labute approximate surface area is 44.8 Å². The van der Waals surface area contributed by atoms with Gasteiger partial charge >= 0.3 is 0 Å². The molecule has 0 amide bonds. The first-order valence-corrected chi connectivity index (χ1v) is 2.14. The Bertz CT molecular complexity index is 37.1. The Hall–Kier alpha value is -0.500. The van der Waals surface area contributed by atoms with Gasteiger partial charge in [-0.05, 0) is 6.42 Å². The predicted molar refractivity (Wildman–Crippen MR) is 31.5 cm³/mol. The Morgan fingerprint density at radius 3 is 2.43 bits per heavy atom. The zero-order valence-corrected chi connectivity index (χ0v) is 4.81. The van der Waals surface area contributed by atoms with E-state index in [1.165, 1.54) is 6.26 Å². The topological polar surface area (TPSA) is 44.2 Å². The van der Waals surface area contributed by atoms with Crippen LogP contribution in [0.2, 0.25) is 0 Å². The molecule has 0 aromatic carbocycles. The van der Waals surface area contributed by atoms with Crippen molar-refractivity contribution in [3.05, 3.63) is 12.8 Å². The summed E-state index contributed by atoms with van der Waals surface area (Å²) in [6.07, 6.45) is 2.52. The molecular weight excluding hydrogens is 90.1 g/mol. The smallest absolute Gasteiger partial charge is 0.0870 e. The average Bonchev–Trinajstić information content (AvgIpc) is 1.61. The van der Waals surface area contributed by atoms with E-state index < -0.39 is 0 Å². The summed E-state index contributed by atoms with van der Waals surface area (Å²) in [5.41, 5.74) is 0. The van der Waals surface area contributed by atoms with Gasteiger partial charge in [-0.3, -0.25) is 0 Å². The lowest BCUT2D eigenvalue weighted by atomic mass is 10.5. The molecule has 0 rings (SSSR count). The molecule has 0 aromatic heterocycles. The van der Waals surface area contributed by atoms with E-state index in [0.717, 1.165) is 13.0 Å². The molecule has 0 heterocycles. The molecule has 0 aliphatic heterocycles. The highest BCUT2D eigenvalue weighted by Crippen LogP contribution is 1.76. The Morgan fingerprint density at radius 1 is 1.71 bits per heavy atom.